The molecule has 1 heterocycles. The van der Waals surface area contributed by atoms with Gasteiger partial charge in [0.05, 0.1) is 0 Å². The normalized spacial score (nSPS) is 12.3. The predicted octanol–water partition coefficient (Wildman–Crippen LogP) is 4.47. The van der Waals surface area contributed by atoms with Gasteiger partial charge in [-0.1, -0.05) is 54.3 Å². The summed E-state index contributed by atoms with van der Waals surface area (Å²) < 4.78 is 2.05. The molecule has 1 aromatic heterocycles. The van der Waals surface area contributed by atoms with E-state index < -0.39 is 0 Å². The molecule has 1 aromatic carbocycles. The van der Waals surface area contributed by atoms with Gasteiger partial charge in [-0.05, 0) is 23.8 Å². The first-order chi connectivity index (χ1) is 12.7. The second-order valence-electron chi connectivity index (χ2n) is 5.72. The zero-order valence-electron chi connectivity index (χ0n) is 15.6. The molecule has 0 bridgehead atoms. The van der Waals surface area contributed by atoms with E-state index in [4.69, 9.17) is 0 Å². The SMILES string of the molecule is CN=C\C=C/C=C/C=C/c1ccc(N(C)CCSc2nccn2C)cc1. The summed E-state index contributed by atoms with van der Waals surface area (Å²) in [6, 6.07) is 8.60. The summed E-state index contributed by atoms with van der Waals surface area (Å²) >= 11 is 1.78. The quantitative estimate of drug-likeness (QED) is 0.373. The molecule has 0 unspecified atom stereocenters. The minimum absolute atomic E-state index is 0.975. The van der Waals surface area contributed by atoms with Gasteiger partial charge in [0.25, 0.3) is 0 Å². The molecule has 0 amide bonds. The number of hydrogen-bond donors (Lipinski definition) is 0. The van der Waals surface area contributed by atoms with E-state index >= 15 is 0 Å². The van der Waals surface area contributed by atoms with Crippen LogP contribution < -0.4 is 4.90 Å². The second-order valence-corrected chi connectivity index (χ2v) is 6.78. The van der Waals surface area contributed by atoms with E-state index in [2.05, 4.69) is 52.3 Å². The van der Waals surface area contributed by atoms with Gasteiger partial charge in [-0.25, -0.2) is 4.98 Å². The number of thioether (sulfide) groups is 1. The summed E-state index contributed by atoms with van der Waals surface area (Å²) in [6.07, 6.45) is 17.6. The Morgan fingerprint density at radius 2 is 1.85 bits per heavy atom. The Kier molecular flexibility index (Phi) is 8.49. The van der Waals surface area contributed by atoms with Crippen molar-refractivity contribution in [2.75, 3.05) is 31.3 Å². The molecule has 5 heteroatoms. The van der Waals surface area contributed by atoms with Crippen LogP contribution in [-0.4, -0.2) is 42.2 Å². The molecule has 2 aromatic rings. The minimum atomic E-state index is 0.975. The Labute approximate surface area is 160 Å². The van der Waals surface area contributed by atoms with Crippen LogP contribution >= 0.6 is 11.8 Å². The lowest BCUT2D eigenvalue weighted by atomic mass is 10.2. The molecule has 2 rings (SSSR count). The summed E-state index contributed by atoms with van der Waals surface area (Å²) in [5.41, 5.74) is 2.41. The van der Waals surface area contributed by atoms with Crippen molar-refractivity contribution in [1.29, 1.82) is 0 Å². The van der Waals surface area contributed by atoms with E-state index in [0.29, 0.717) is 0 Å². The van der Waals surface area contributed by atoms with Gasteiger partial charge in [0.1, 0.15) is 0 Å². The van der Waals surface area contributed by atoms with E-state index in [1.807, 2.05) is 54.4 Å². The van der Waals surface area contributed by atoms with Crippen LogP contribution in [0.15, 0.2) is 77.2 Å². The number of imidazole rings is 1. The minimum Gasteiger partial charge on any atom is -0.374 e. The van der Waals surface area contributed by atoms with Crippen molar-refractivity contribution in [3.8, 4) is 0 Å². The Morgan fingerprint density at radius 3 is 2.54 bits per heavy atom. The van der Waals surface area contributed by atoms with Crippen molar-refractivity contribution in [3.05, 3.63) is 72.6 Å². The van der Waals surface area contributed by atoms with Crippen molar-refractivity contribution >= 4 is 29.7 Å². The Morgan fingerprint density at radius 1 is 1.12 bits per heavy atom. The topological polar surface area (TPSA) is 33.4 Å². The number of aliphatic imine (C=N–C) groups is 1. The molecule has 0 fully saturated rings. The molecular weight excluding hydrogens is 340 g/mol. The van der Waals surface area contributed by atoms with E-state index in [0.717, 1.165) is 17.5 Å². The summed E-state index contributed by atoms with van der Waals surface area (Å²) in [7, 11) is 5.91. The summed E-state index contributed by atoms with van der Waals surface area (Å²) in [5.74, 6) is 1.00. The number of hydrogen-bond acceptors (Lipinski definition) is 4. The Balaban J connectivity index is 1.79. The number of anilines is 1. The third-order valence-electron chi connectivity index (χ3n) is 3.74. The van der Waals surface area contributed by atoms with Crippen molar-refractivity contribution in [2.45, 2.75) is 5.16 Å². The van der Waals surface area contributed by atoms with E-state index in [1.165, 1.54) is 11.3 Å². The Hall–Kier alpha value is -2.53. The van der Waals surface area contributed by atoms with Crippen LogP contribution in [0.4, 0.5) is 5.69 Å². The molecule has 0 aliphatic rings. The van der Waals surface area contributed by atoms with Gasteiger partial charge in [0.2, 0.25) is 0 Å². The lowest BCUT2D eigenvalue weighted by Gasteiger charge is -2.19. The van der Waals surface area contributed by atoms with E-state index in [-0.39, 0.29) is 0 Å². The fraction of sp³-hybridized carbons (Fsp3) is 0.238. The van der Waals surface area contributed by atoms with Crippen LogP contribution in [0.5, 0.6) is 0 Å². The smallest absolute Gasteiger partial charge is 0.167 e. The average molecular weight is 367 g/mol. The van der Waals surface area contributed by atoms with E-state index in [9.17, 15) is 0 Å². The highest BCUT2D eigenvalue weighted by Gasteiger charge is 2.03. The van der Waals surface area contributed by atoms with E-state index in [1.54, 1.807) is 25.0 Å². The number of rotatable bonds is 9. The third kappa shape index (κ3) is 6.76. The van der Waals surface area contributed by atoms with Gasteiger partial charge in [-0.15, -0.1) is 0 Å². The largest absolute Gasteiger partial charge is 0.374 e. The molecule has 0 saturated carbocycles. The fourth-order valence-corrected chi connectivity index (χ4v) is 3.18. The molecule has 0 saturated heterocycles. The molecule has 0 N–H and O–H groups in total. The first-order valence-corrected chi connectivity index (χ1v) is 9.53. The summed E-state index contributed by atoms with van der Waals surface area (Å²) in [4.78, 5) is 10.5. The molecule has 26 heavy (non-hydrogen) atoms. The van der Waals surface area contributed by atoms with Gasteiger partial charge < -0.3 is 9.47 Å². The maximum atomic E-state index is 4.34. The molecular formula is C21H26N4S. The molecule has 0 spiro atoms. The monoisotopic (exact) mass is 366 g/mol. The van der Waals surface area contributed by atoms with Crippen molar-refractivity contribution in [3.63, 3.8) is 0 Å². The maximum Gasteiger partial charge on any atom is 0.167 e. The highest BCUT2D eigenvalue weighted by molar-refractivity contribution is 7.99. The lowest BCUT2D eigenvalue weighted by Crippen LogP contribution is -2.20. The van der Waals surface area contributed by atoms with Gasteiger partial charge in [0.15, 0.2) is 5.16 Å². The fourth-order valence-electron chi connectivity index (χ4n) is 2.23. The molecule has 0 radical (unpaired) electrons. The lowest BCUT2D eigenvalue weighted by molar-refractivity contribution is 0.789. The predicted molar refractivity (Wildman–Crippen MR) is 115 cm³/mol. The van der Waals surface area contributed by atoms with Crippen LogP contribution in [0.25, 0.3) is 6.08 Å². The molecule has 0 aliphatic carbocycles. The first kappa shape index (κ1) is 19.8. The molecule has 4 nitrogen and oxygen atoms in total. The highest BCUT2D eigenvalue weighted by atomic mass is 32.2. The number of nitrogens with zero attached hydrogens (tertiary/aromatic N) is 4. The van der Waals surface area contributed by atoms with Crippen LogP contribution in [0.1, 0.15) is 5.56 Å². The average Bonchev–Trinajstić information content (AvgIpc) is 3.06. The van der Waals surface area contributed by atoms with Crippen LogP contribution in [-0.2, 0) is 7.05 Å². The summed E-state index contributed by atoms with van der Waals surface area (Å²) in [6.45, 7) is 0.975. The molecule has 0 aliphatic heterocycles. The van der Waals surface area contributed by atoms with Crippen molar-refractivity contribution < 1.29 is 0 Å². The molecule has 0 atom stereocenters. The van der Waals surface area contributed by atoms with Gasteiger partial charge in [0, 0.05) is 57.7 Å². The zero-order valence-corrected chi connectivity index (χ0v) is 16.4. The number of aromatic nitrogens is 2. The van der Waals surface area contributed by atoms with Crippen LogP contribution in [0.3, 0.4) is 0 Å². The maximum absolute atomic E-state index is 4.34. The van der Waals surface area contributed by atoms with Crippen molar-refractivity contribution in [2.24, 2.45) is 12.0 Å². The van der Waals surface area contributed by atoms with Gasteiger partial charge >= 0.3 is 0 Å². The summed E-state index contributed by atoms with van der Waals surface area (Å²) in [5, 5.41) is 1.06. The van der Waals surface area contributed by atoms with Gasteiger partial charge in [-0.2, -0.15) is 0 Å². The number of benzene rings is 1. The third-order valence-corrected chi connectivity index (χ3v) is 4.78. The number of aryl methyl sites for hydroxylation is 1. The number of allylic oxidation sites excluding steroid dienone is 5. The molecule has 136 valence electrons. The Bertz CT molecular complexity index is 770. The first-order valence-electron chi connectivity index (χ1n) is 8.54. The zero-order chi connectivity index (χ0) is 18.6. The van der Waals surface area contributed by atoms with Crippen molar-refractivity contribution in [1.82, 2.24) is 9.55 Å². The van der Waals surface area contributed by atoms with Crippen LogP contribution in [0.2, 0.25) is 0 Å². The standard InChI is InChI=1S/C21H26N4S/c1-22-14-8-6-4-5-7-9-19-10-12-20(13-11-19)24(2)17-18-26-21-23-15-16-25(21)3/h4-16H,17-18H2,1-3H3/b5-4+,8-6-,9-7+,22-14?. The van der Waals surface area contributed by atoms with Crippen LogP contribution in [0, 0.1) is 0 Å². The van der Waals surface area contributed by atoms with Gasteiger partial charge in [-0.3, -0.25) is 4.99 Å². The highest BCUT2D eigenvalue weighted by Crippen LogP contribution is 2.18. The second kappa shape index (κ2) is 11.2.